The Labute approximate surface area is 70.4 Å². The van der Waals surface area contributed by atoms with Crippen molar-refractivity contribution in [2.45, 2.75) is 13.5 Å². The number of nitrogens with one attached hydrogen (secondary N) is 1. The van der Waals surface area contributed by atoms with E-state index in [9.17, 15) is 9.18 Å². The standard InChI is InChI=1S/C9H9FNO/c1-7(12)11-6-8-4-2-3-5-9(8)10/h3-5H,6H2,1H3,(H,11,12). The normalized spacial score (nSPS) is 9.50. The van der Waals surface area contributed by atoms with E-state index in [1.807, 2.05) is 0 Å². The molecule has 0 unspecified atom stereocenters. The van der Waals surface area contributed by atoms with Crippen molar-refractivity contribution in [2.75, 3.05) is 0 Å². The fourth-order valence-corrected chi connectivity index (χ4v) is 0.801. The van der Waals surface area contributed by atoms with Gasteiger partial charge in [0.05, 0.1) is 0 Å². The molecule has 1 aromatic carbocycles. The third-order valence-corrected chi connectivity index (χ3v) is 1.42. The van der Waals surface area contributed by atoms with Gasteiger partial charge in [-0.2, -0.15) is 0 Å². The SMILES string of the molecule is CC(=O)NCc1c[c]ccc1F. The maximum absolute atomic E-state index is 12.9. The van der Waals surface area contributed by atoms with Gasteiger partial charge in [0.2, 0.25) is 5.91 Å². The van der Waals surface area contributed by atoms with Crippen LogP contribution in [0.15, 0.2) is 18.2 Å². The summed E-state index contributed by atoms with van der Waals surface area (Å²) in [6.45, 7) is 1.61. The van der Waals surface area contributed by atoms with Crippen molar-refractivity contribution < 1.29 is 9.18 Å². The summed E-state index contributed by atoms with van der Waals surface area (Å²) in [6, 6.07) is 7.06. The van der Waals surface area contributed by atoms with E-state index in [0.717, 1.165) is 0 Å². The second-order valence-corrected chi connectivity index (χ2v) is 2.43. The van der Waals surface area contributed by atoms with Gasteiger partial charge in [0.25, 0.3) is 0 Å². The molecule has 0 aliphatic rings. The van der Waals surface area contributed by atoms with Crippen molar-refractivity contribution in [2.24, 2.45) is 0 Å². The molecule has 3 heteroatoms. The molecule has 0 atom stereocenters. The summed E-state index contributed by atoms with van der Waals surface area (Å²) in [5.74, 6) is -0.485. The number of hydrogen-bond acceptors (Lipinski definition) is 1. The Balaban J connectivity index is 2.63. The van der Waals surface area contributed by atoms with Crippen LogP contribution in [-0.4, -0.2) is 5.91 Å². The molecule has 1 aromatic rings. The Hall–Kier alpha value is -1.38. The predicted octanol–water partition coefficient (Wildman–Crippen LogP) is 1.26. The van der Waals surface area contributed by atoms with E-state index in [-0.39, 0.29) is 18.3 Å². The highest BCUT2D eigenvalue weighted by Crippen LogP contribution is 2.04. The smallest absolute Gasteiger partial charge is 0.217 e. The largest absolute Gasteiger partial charge is 0.352 e. The van der Waals surface area contributed by atoms with Crippen LogP contribution in [0.2, 0.25) is 0 Å². The van der Waals surface area contributed by atoms with E-state index in [2.05, 4.69) is 11.4 Å². The first-order valence-corrected chi connectivity index (χ1v) is 3.59. The summed E-state index contributed by atoms with van der Waals surface area (Å²) in [5, 5.41) is 2.50. The summed E-state index contributed by atoms with van der Waals surface area (Å²) < 4.78 is 12.9. The molecule has 0 fully saturated rings. The molecule has 0 aliphatic heterocycles. The van der Waals surface area contributed by atoms with Gasteiger partial charge in [-0.25, -0.2) is 4.39 Å². The van der Waals surface area contributed by atoms with Crippen molar-refractivity contribution in [1.29, 1.82) is 0 Å². The van der Waals surface area contributed by atoms with Gasteiger partial charge in [-0.1, -0.05) is 6.07 Å². The highest BCUT2D eigenvalue weighted by molar-refractivity contribution is 5.72. The zero-order valence-corrected chi connectivity index (χ0v) is 6.73. The molecule has 0 saturated heterocycles. The molecular formula is C9H9FNO. The van der Waals surface area contributed by atoms with Gasteiger partial charge in [0.1, 0.15) is 5.82 Å². The van der Waals surface area contributed by atoms with Crippen LogP contribution in [0, 0.1) is 11.9 Å². The van der Waals surface area contributed by atoms with E-state index in [1.54, 1.807) is 0 Å². The Morgan fingerprint density at radius 1 is 1.75 bits per heavy atom. The molecule has 1 radical (unpaired) electrons. The number of amides is 1. The summed E-state index contributed by atoms with van der Waals surface area (Å²) >= 11 is 0. The van der Waals surface area contributed by atoms with Crippen LogP contribution in [0.25, 0.3) is 0 Å². The molecular weight excluding hydrogens is 157 g/mol. The van der Waals surface area contributed by atoms with Crippen molar-refractivity contribution >= 4 is 5.91 Å². The van der Waals surface area contributed by atoms with Gasteiger partial charge in [-0.05, 0) is 18.2 Å². The maximum atomic E-state index is 12.9. The summed E-state index contributed by atoms with van der Waals surface area (Å²) in [4.78, 5) is 10.5. The van der Waals surface area contributed by atoms with Crippen LogP contribution < -0.4 is 5.32 Å². The Bertz CT molecular complexity index is 286. The average molecular weight is 166 g/mol. The zero-order chi connectivity index (χ0) is 8.97. The second-order valence-electron chi connectivity index (χ2n) is 2.43. The fourth-order valence-electron chi connectivity index (χ4n) is 0.801. The van der Waals surface area contributed by atoms with Crippen LogP contribution in [0.3, 0.4) is 0 Å². The topological polar surface area (TPSA) is 29.1 Å². The molecule has 0 aliphatic carbocycles. The van der Waals surface area contributed by atoms with Crippen LogP contribution in [-0.2, 0) is 11.3 Å². The average Bonchev–Trinajstić information content (AvgIpc) is 2.03. The van der Waals surface area contributed by atoms with Crippen molar-refractivity contribution in [3.63, 3.8) is 0 Å². The minimum absolute atomic E-state index is 0.168. The monoisotopic (exact) mass is 166 g/mol. The van der Waals surface area contributed by atoms with E-state index in [1.165, 1.54) is 25.1 Å². The number of carbonyl (C=O) groups excluding carboxylic acids is 1. The first-order chi connectivity index (χ1) is 5.70. The number of halogens is 1. The van der Waals surface area contributed by atoms with Crippen molar-refractivity contribution in [3.8, 4) is 0 Å². The number of carbonyl (C=O) groups is 1. The van der Waals surface area contributed by atoms with E-state index in [4.69, 9.17) is 0 Å². The van der Waals surface area contributed by atoms with Crippen molar-refractivity contribution in [1.82, 2.24) is 5.32 Å². The van der Waals surface area contributed by atoms with Crippen LogP contribution >= 0.6 is 0 Å². The number of benzene rings is 1. The molecule has 1 N–H and O–H groups in total. The lowest BCUT2D eigenvalue weighted by Crippen LogP contribution is -2.19. The lowest BCUT2D eigenvalue weighted by atomic mass is 10.2. The summed E-state index contributed by atoms with van der Waals surface area (Å²) in [5.41, 5.74) is 0.452. The van der Waals surface area contributed by atoms with E-state index in [0.29, 0.717) is 5.56 Å². The highest BCUT2D eigenvalue weighted by Gasteiger charge is 1.99. The van der Waals surface area contributed by atoms with Gasteiger partial charge >= 0.3 is 0 Å². The van der Waals surface area contributed by atoms with Crippen LogP contribution in [0.4, 0.5) is 4.39 Å². The Kier molecular flexibility index (Phi) is 2.80. The number of rotatable bonds is 2. The third kappa shape index (κ3) is 2.34. The predicted molar refractivity (Wildman–Crippen MR) is 42.8 cm³/mol. The lowest BCUT2D eigenvalue weighted by Gasteiger charge is -2.02. The minimum Gasteiger partial charge on any atom is -0.352 e. The fraction of sp³-hybridized carbons (Fsp3) is 0.222. The lowest BCUT2D eigenvalue weighted by molar-refractivity contribution is -0.119. The van der Waals surface area contributed by atoms with Gasteiger partial charge in [0, 0.05) is 19.0 Å². The number of hydrogen-bond donors (Lipinski definition) is 1. The van der Waals surface area contributed by atoms with Crippen LogP contribution in [0.5, 0.6) is 0 Å². The molecule has 63 valence electrons. The minimum atomic E-state index is -0.317. The molecule has 12 heavy (non-hydrogen) atoms. The Morgan fingerprint density at radius 3 is 3.08 bits per heavy atom. The zero-order valence-electron chi connectivity index (χ0n) is 6.73. The molecule has 0 spiro atoms. The van der Waals surface area contributed by atoms with E-state index < -0.39 is 0 Å². The molecule has 1 rings (SSSR count). The first kappa shape index (κ1) is 8.71. The molecule has 0 saturated carbocycles. The highest BCUT2D eigenvalue weighted by atomic mass is 19.1. The molecule has 0 aromatic heterocycles. The summed E-state index contributed by atoms with van der Waals surface area (Å²) in [7, 11) is 0. The molecule has 0 heterocycles. The maximum Gasteiger partial charge on any atom is 0.217 e. The third-order valence-electron chi connectivity index (χ3n) is 1.42. The first-order valence-electron chi connectivity index (χ1n) is 3.59. The summed E-state index contributed by atoms with van der Waals surface area (Å²) in [6.07, 6.45) is 0. The second kappa shape index (κ2) is 3.85. The molecule has 0 bridgehead atoms. The van der Waals surface area contributed by atoms with Gasteiger partial charge < -0.3 is 5.32 Å². The van der Waals surface area contributed by atoms with Crippen molar-refractivity contribution in [3.05, 3.63) is 35.6 Å². The van der Waals surface area contributed by atoms with Gasteiger partial charge in [-0.3, -0.25) is 4.79 Å². The van der Waals surface area contributed by atoms with E-state index >= 15 is 0 Å². The van der Waals surface area contributed by atoms with Gasteiger partial charge in [0.15, 0.2) is 0 Å². The molecule has 2 nitrogen and oxygen atoms in total. The quantitative estimate of drug-likeness (QED) is 0.704. The van der Waals surface area contributed by atoms with Gasteiger partial charge in [-0.15, -0.1) is 0 Å². The Morgan fingerprint density at radius 2 is 2.50 bits per heavy atom. The molecule has 1 amide bonds. The van der Waals surface area contributed by atoms with Crippen LogP contribution in [0.1, 0.15) is 12.5 Å².